The molecule has 0 bridgehead atoms. The molecule has 0 aliphatic carbocycles. The SMILES string of the molecule is O=c1[nH]cnc(Nc2ccc(F)cc2I)c1Br. The first-order valence-electron chi connectivity index (χ1n) is 4.53. The zero-order valence-corrected chi connectivity index (χ0v) is 12.0. The summed E-state index contributed by atoms with van der Waals surface area (Å²) in [5, 5.41) is 2.96. The van der Waals surface area contributed by atoms with E-state index in [1.165, 1.54) is 18.5 Å². The average Bonchev–Trinajstić information content (AvgIpc) is 2.28. The molecule has 0 fully saturated rings. The lowest BCUT2D eigenvalue weighted by Crippen LogP contribution is -2.10. The number of rotatable bonds is 2. The fraction of sp³-hybridized carbons (Fsp3) is 0. The molecule has 0 atom stereocenters. The summed E-state index contributed by atoms with van der Waals surface area (Å²) >= 11 is 5.13. The zero-order chi connectivity index (χ0) is 12.4. The molecule has 1 aromatic carbocycles. The van der Waals surface area contributed by atoms with Gasteiger partial charge in [0.05, 0.1) is 12.0 Å². The Bertz CT molecular complexity index is 617. The zero-order valence-electron chi connectivity index (χ0n) is 8.30. The molecule has 4 nitrogen and oxygen atoms in total. The number of hydrogen-bond acceptors (Lipinski definition) is 3. The predicted molar refractivity (Wildman–Crippen MR) is 75.0 cm³/mol. The minimum atomic E-state index is -0.308. The Morgan fingerprint density at radius 1 is 1.47 bits per heavy atom. The molecule has 0 amide bonds. The number of hydrogen-bond donors (Lipinski definition) is 2. The Morgan fingerprint density at radius 2 is 2.24 bits per heavy atom. The number of nitrogens with zero attached hydrogens (tertiary/aromatic N) is 1. The Morgan fingerprint density at radius 3 is 2.94 bits per heavy atom. The quantitative estimate of drug-likeness (QED) is 0.749. The highest BCUT2D eigenvalue weighted by atomic mass is 127. The molecule has 0 radical (unpaired) electrons. The Balaban J connectivity index is 2.38. The maximum Gasteiger partial charge on any atom is 0.267 e. The molecule has 1 aromatic heterocycles. The summed E-state index contributed by atoms with van der Waals surface area (Å²) in [5.74, 6) is 0.0798. The van der Waals surface area contributed by atoms with Crippen LogP contribution in [-0.2, 0) is 0 Å². The summed E-state index contributed by atoms with van der Waals surface area (Å²) in [6.45, 7) is 0. The molecule has 0 saturated heterocycles. The van der Waals surface area contributed by atoms with Crippen LogP contribution < -0.4 is 10.9 Å². The van der Waals surface area contributed by atoms with Gasteiger partial charge in [0, 0.05) is 3.57 Å². The third-order valence-electron chi connectivity index (χ3n) is 1.98. The lowest BCUT2D eigenvalue weighted by molar-refractivity contribution is 0.627. The number of aromatic amines is 1. The molecular weight excluding hydrogens is 404 g/mol. The normalized spacial score (nSPS) is 10.3. The summed E-state index contributed by atoms with van der Waals surface area (Å²) in [4.78, 5) is 17.7. The number of H-pyrrole nitrogens is 1. The first-order chi connectivity index (χ1) is 8.08. The van der Waals surface area contributed by atoms with Crippen LogP contribution in [-0.4, -0.2) is 9.97 Å². The van der Waals surface area contributed by atoms with E-state index in [1.54, 1.807) is 6.07 Å². The van der Waals surface area contributed by atoms with E-state index in [4.69, 9.17) is 0 Å². The van der Waals surface area contributed by atoms with Gasteiger partial charge in [-0.15, -0.1) is 0 Å². The standard InChI is InChI=1S/C10H6BrFIN3O/c11-8-9(14-4-15-10(8)17)16-7-2-1-5(12)3-6(7)13/h1-4H,(H2,14,15,16,17). The monoisotopic (exact) mass is 409 g/mol. The van der Waals surface area contributed by atoms with E-state index in [-0.39, 0.29) is 11.4 Å². The van der Waals surface area contributed by atoms with Crippen molar-refractivity contribution in [1.29, 1.82) is 0 Å². The van der Waals surface area contributed by atoms with Crippen molar-refractivity contribution in [3.63, 3.8) is 0 Å². The Kier molecular flexibility index (Phi) is 3.77. The van der Waals surface area contributed by atoms with Crippen molar-refractivity contribution < 1.29 is 4.39 Å². The van der Waals surface area contributed by atoms with Crippen LogP contribution in [0.4, 0.5) is 15.9 Å². The number of benzene rings is 1. The molecule has 0 saturated carbocycles. The van der Waals surface area contributed by atoms with Gasteiger partial charge in [0.1, 0.15) is 10.3 Å². The molecule has 2 rings (SSSR count). The highest BCUT2D eigenvalue weighted by Crippen LogP contribution is 2.24. The third-order valence-corrected chi connectivity index (χ3v) is 3.61. The first kappa shape index (κ1) is 12.5. The Hall–Kier alpha value is -0.960. The van der Waals surface area contributed by atoms with E-state index < -0.39 is 0 Å². The predicted octanol–water partition coefficient (Wildman–Crippen LogP) is 3.02. The average molecular weight is 410 g/mol. The van der Waals surface area contributed by atoms with Gasteiger partial charge >= 0.3 is 0 Å². The van der Waals surface area contributed by atoms with Crippen molar-refractivity contribution in [2.45, 2.75) is 0 Å². The van der Waals surface area contributed by atoms with Crippen LogP contribution in [0.2, 0.25) is 0 Å². The van der Waals surface area contributed by atoms with Crippen LogP contribution in [0.1, 0.15) is 0 Å². The molecule has 0 spiro atoms. The van der Waals surface area contributed by atoms with E-state index in [1.807, 2.05) is 22.6 Å². The Labute approximate surface area is 118 Å². The molecule has 0 aliphatic rings. The number of aromatic nitrogens is 2. The van der Waals surface area contributed by atoms with Crippen LogP contribution in [0.25, 0.3) is 0 Å². The summed E-state index contributed by atoms with van der Waals surface area (Å²) in [5.41, 5.74) is 0.408. The summed E-state index contributed by atoms with van der Waals surface area (Å²) in [6.07, 6.45) is 1.30. The molecule has 0 aliphatic heterocycles. The van der Waals surface area contributed by atoms with Crippen molar-refractivity contribution in [3.8, 4) is 0 Å². The van der Waals surface area contributed by atoms with Gasteiger partial charge in [0.2, 0.25) is 0 Å². The second-order valence-electron chi connectivity index (χ2n) is 3.14. The van der Waals surface area contributed by atoms with Crippen molar-refractivity contribution in [2.75, 3.05) is 5.32 Å². The third kappa shape index (κ3) is 2.83. The highest BCUT2D eigenvalue weighted by molar-refractivity contribution is 14.1. The van der Waals surface area contributed by atoms with E-state index >= 15 is 0 Å². The second kappa shape index (κ2) is 5.13. The molecule has 17 heavy (non-hydrogen) atoms. The van der Waals surface area contributed by atoms with E-state index in [0.29, 0.717) is 19.5 Å². The van der Waals surface area contributed by atoms with Gasteiger partial charge in [0.25, 0.3) is 5.56 Å². The maximum atomic E-state index is 12.9. The molecule has 1 heterocycles. The van der Waals surface area contributed by atoms with Crippen molar-refractivity contribution in [1.82, 2.24) is 9.97 Å². The van der Waals surface area contributed by atoms with Crippen LogP contribution >= 0.6 is 38.5 Å². The van der Waals surface area contributed by atoms with Crippen LogP contribution in [0.3, 0.4) is 0 Å². The van der Waals surface area contributed by atoms with Gasteiger partial charge in [-0.1, -0.05) is 0 Å². The largest absolute Gasteiger partial charge is 0.338 e. The van der Waals surface area contributed by atoms with Gasteiger partial charge < -0.3 is 10.3 Å². The summed E-state index contributed by atoms with van der Waals surface area (Å²) in [7, 11) is 0. The van der Waals surface area contributed by atoms with Gasteiger partial charge in [-0.05, 0) is 56.7 Å². The molecule has 2 aromatic rings. The minimum absolute atomic E-state index is 0.278. The number of anilines is 2. The topological polar surface area (TPSA) is 57.8 Å². The van der Waals surface area contributed by atoms with E-state index in [0.717, 1.165) is 0 Å². The lowest BCUT2D eigenvalue weighted by atomic mass is 10.3. The number of halogens is 3. The molecule has 2 N–H and O–H groups in total. The van der Waals surface area contributed by atoms with Gasteiger partial charge in [-0.25, -0.2) is 9.37 Å². The maximum absolute atomic E-state index is 12.9. The molecule has 0 unspecified atom stereocenters. The summed E-state index contributed by atoms with van der Waals surface area (Å²) < 4.78 is 13.9. The van der Waals surface area contributed by atoms with Crippen LogP contribution in [0.15, 0.2) is 33.8 Å². The van der Waals surface area contributed by atoms with Gasteiger partial charge in [-0.3, -0.25) is 4.79 Å². The van der Waals surface area contributed by atoms with Crippen LogP contribution in [0.5, 0.6) is 0 Å². The first-order valence-corrected chi connectivity index (χ1v) is 6.40. The van der Waals surface area contributed by atoms with Crippen molar-refractivity contribution in [3.05, 3.63) is 48.7 Å². The molecule has 88 valence electrons. The van der Waals surface area contributed by atoms with Crippen molar-refractivity contribution in [2.24, 2.45) is 0 Å². The molecular formula is C10H6BrFIN3O. The second-order valence-corrected chi connectivity index (χ2v) is 5.10. The van der Waals surface area contributed by atoms with E-state index in [9.17, 15) is 9.18 Å². The van der Waals surface area contributed by atoms with Crippen LogP contribution in [0, 0.1) is 9.39 Å². The fourth-order valence-electron chi connectivity index (χ4n) is 1.19. The van der Waals surface area contributed by atoms with E-state index in [2.05, 4.69) is 31.2 Å². The smallest absolute Gasteiger partial charge is 0.267 e. The van der Waals surface area contributed by atoms with Gasteiger partial charge in [-0.2, -0.15) is 0 Å². The lowest BCUT2D eigenvalue weighted by Gasteiger charge is -2.08. The van der Waals surface area contributed by atoms with Crippen molar-refractivity contribution >= 4 is 50.0 Å². The minimum Gasteiger partial charge on any atom is -0.338 e. The van der Waals surface area contributed by atoms with Gasteiger partial charge in [0.15, 0.2) is 5.82 Å². The fourth-order valence-corrected chi connectivity index (χ4v) is 2.12. The highest BCUT2D eigenvalue weighted by Gasteiger charge is 2.07. The molecule has 7 heteroatoms. The summed E-state index contributed by atoms with van der Waals surface area (Å²) in [6, 6.07) is 4.32. The number of nitrogens with one attached hydrogen (secondary N) is 2.